The van der Waals surface area contributed by atoms with Crippen molar-refractivity contribution in [3.8, 4) is 0 Å². The van der Waals surface area contributed by atoms with E-state index in [2.05, 4.69) is 0 Å². The summed E-state index contributed by atoms with van der Waals surface area (Å²) in [5.74, 6) is -0.926. The third-order valence-corrected chi connectivity index (χ3v) is 4.42. The Kier molecular flexibility index (Phi) is 5.91. The van der Waals surface area contributed by atoms with Gasteiger partial charge in [-0.05, 0) is 12.5 Å². The molecule has 0 radical (unpaired) electrons. The summed E-state index contributed by atoms with van der Waals surface area (Å²) in [5.41, 5.74) is 7.74. The lowest BCUT2D eigenvalue weighted by Crippen LogP contribution is -2.44. The number of nitrogens with two attached hydrogens (primary N) is 1. The van der Waals surface area contributed by atoms with Crippen molar-refractivity contribution in [3.05, 3.63) is 52.4 Å². The number of rotatable bonds is 5. The molecule has 1 unspecified atom stereocenters. The average molecular weight is 320 g/mol. The van der Waals surface area contributed by atoms with Crippen LogP contribution in [0.2, 0.25) is 0 Å². The molecular formula is C16H20N2O3S. The molecule has 3 N–H and O–H groups in total. The van der Waals surface area contributed by atoms with Gasteiger partial charge in [0, 0.05) is 17.6 Å². The van der Waals surface area contributed by atoms with Crippen molar-refractivity contribution >= 4 is 23.4 Å². The molecule has 1 saturated heterocycles. The Labute approximate surface area is 134 Å². The van der Waals surface area contributed by atoms with E-state index in [0.29, 0.717) is 25.4 Å². The second kappa shape index (κ2) is 7.91. The average Bonchev–Trinajstić information content (AvgIpc) is 2.56. The first-order chi connectivity index (χ1) is 10.6. The van der Waals surface area contributed by atoms with Crippen molar-refractivity contribution in [2.24, 2.45) is 5.73 Å². The quantitative estimate of drug-likeness (QED) is 0.867. The Hall–Kier alpha value is -1.92. The van der Waals surface area contributed by atoms with Crippen LogP contribution >= 0.6 is 11.8 Å². The van der Waals surface area contributed by atoms with Crippen LogP contribution in [0, 0.1) is 0 Å². The fourth-order valence-electron chi connectivity index (χ4n) is 2.15. The summed E-state index contributed by atoms with van der Waals surface area (Å²) >= 11 is 1.50. The molecule has 1 atom stereocenters. The molecule has 5 nitrogen and oxygen atoms in total. The fraction of sp³-hybridized carbons (Fsp3) is 0.312. The third kappa shape index (κ3) is 4.29. The molecule has 0 amide bonds. The normalized spacial score (nSPS) is 20.0. The first kappa shape index (κ1) is 16.5. The Morgan fingerprint density at radius 3 is 2.82 bits per heavy atom. The number of carboxylic acid groups (broad SMARTS) is 1. The van der Waals surface area contributed by atoms with E-state index in [1.165, 1.54) is 11.8 Å². The van der Waals surface area contributed by atoms with Gasteiger partial charge in [0.1, 0.15) is 0 Å². The van der Waals surface area contributed by atoms with Gasteiger partial charge < -0.3 is 20.5 Å². The number of hydrogen-bond donors (Lipinski definition) is 2. The van der Waals surface area contributed by atoms with E-state index in [1.54, 1.807) is 0 Å². The van der Waals surface area contributed by atoms with Crippen LogP contribution in [0.5, 0.6) is 0 Å². The number of morpholine rings is 1. The van der Waals surface area contributed by atoms with Crippen LogP contribution in [-0.4, -0.2) is 41.8 Å². The summed E-state index contributed by atoms with van der Waals surface area (Å²) in [6, 6.07) is 9.74. The molecule has 0 aromatic heterocycles. The van der Waals surface area contributed by atoms with Crippen LogP contribution in [0.3, 0.4) is 0 Å². The van der Waals surface area contributed by atoms with Crippen LogP contribution in [0.15, 0.2) is 46.8 Å². The van der Waals surface area contributed by atoms with Gasteiger partial charge in [0.2, 0.25) is 0 Å². The monoisotopic (exact) mass is 320 g/mol. The van der Waals surface area contributed by atoms with Crippen LogP contribution in [0.4, 0.5) is 0 Å². The largest absolute Gasteiger partial charge is 0.479 e. The lowest BCUT2D eigenvalue weighted by atomic mass is 10.2. The highest BCUT2D eigenvalue weighted by atomic mass is 32.2. The molecule has 118 valence electrons. The Balaban J connectivity index is 2.02. The third-order valence-electron chi connectivity index (χ3n) is 3.31. The smallest absolute Gasteiger partial charge is 0.334 e. The molecule has 1 aliphatic rings. The zero-order valence-electron chi connectivity index (χ0n) is 12.4. The van der Waals surface area contributed by atoms with E-state index in [1.807, 2.05) is 53.6 Å². The number of thioether (sulfide) groups is 1. The predicted octanol–water partition coefficient (Wildman–Crippen LogP) is 2.32. The minimum Gasteiger partial charge on any atom is -0.479 e. The minimum absolute atomic E-state index is 0.348. The Morgan fingerprint density at radius 1 is 1.45 bits per heavy atom. The van der Waals surface area contributed by atoms with Gasteiger partial charge in [-0.3, -0.25) is 0 Å². The van der Waals surface area contributed by atoms with Crippen molar-refractivity contribution < 1.29 is 14.6 Å². The molecular weight excluding hydrogens is 300 g/mol. The molecule has 0 spiro atoms. The molecule has 1 heterocycles. The van der Waals surface area contributed by atoms with E-state index >= 15 is 0 Å². The first-order valence-electron chi connectivity index (χ1n) is 7.05. The van der Waals surface area contributed by atoms with Gasteiger partial charge in [-0.2, -0.15) is 0 Å². The van der Waals surface area contributed by atoms with Crippen molar-refractivity contribution in [2.75, 3.05) is 19.7 Å². The Morgan fingerprint density at radius 2 is 2.18 bits per heavy atom. The summed E-state index contributed by atoms with van der Waals surface area (Å²) in [4.78, 5) is 13.1. The number of ether oxygens (including phenoxy) is 1. The number of benzene rings is 1. The highest BCUT2D eigenvalue weighted by Gasteiger charge is 2.27. The molecule has 0 bridgehead atoms. The summed E-state index contributed by atoms with van der Waals surface area (Å²) < 4.78 is 5.24. The van der Waals surface area contributed by atoms with Gasteiger partial charge in [0.05, 0.1) is 18.2 Å². The molecule has 6 heteroatoms. The zero-order chi connectivity index (χ0) is 15.9. The number of carboxylic acids is 1. The van der Waals surface area contributed by atoms with Gasteiger partial charge in [0.15, 0.2) is 6.10 Å². The van der Waals surface area contributed by atoms with E-state index in [0.717, 1.165) is 10.6 Å². The maximum Gasteiger partial charge on any atom is 0.334 e. The lowest BCUT2D eigenvalue weighted by Gasteiger charge is -2.33. The number of hydrogen-bond acceptors (Lipinski definition) is 5. The molecule has 1 fully saturated rings. The first-order valence-corrected chi connectivity index (χ1v) is 7.93. The maximum absolute atomic E-state index is 11.1. The van der Waals surface area contributed by atoms with E-state index in [9.17, 15) is 4.79 Å². The summed E-state index contributed by atoms with van der Waals surface area (Å²) in [7, 11) is 0. The van der Waals surface area contributed by atoms with E-state index < -0.39 is 12.1 Å². The summed E-state index contributed by atoms with van der Waals surface area (Å²) in [6.07, 6.45) is 1.18. The summed E-state index contributed by atoms with van der Waals surface area (Å²) in [6.45, 7) is 3.36. The van der Waals surface area contributed by atoms with Crippen molar-refractivity contribution in [2.45, 2.75) is 13.0 Å². The molecule has 1 aromatic rings. The van der Waals surface area contributed by atoms with Crippen LogP contribution < -0.4 is 5.73 Å². The highest BCUT2D eigenvalue weighted by molar-refractivity contribution is 8.05. The number of carbonyl (C=O) groups is 1. The standard InChI is InChI=1S/C16H20N2O3S/c1-2-15(18-8-9-21-14(10-18)16(19)20)22-11-13(17)12-6-4-3-5-7-12/h2-7,11,14H,8-10,17H2,1H3,(H,19,20)/b13-11-,15-2-. The molecule has 0 aliphatic carbocycles. The van der Waals surface area contributed by atoms with Crippen molar-refractivity contribution in [1.82, 2.24) is 4.90 Å². The van der Waals surface area contributed by atoms with Gasteiger partial charge in [-0.25, -0.2) is 4.79 Å². The topological polar surface area (TPSA) is 75.8 Å². The van der Waals surface area contributed by atoms with Crippen LogP contribution in [0.1, 0.15) is 12.5 Å². The molecule has 22 heavy (non-hydrogen) atoms. The van der Waals surface area contributed by atoms with E-state index in [-0.39, 0.29) is 0 Å². The van der Waals surface area contributed by atoms with Gasteiger partial charge in [0.25, 0.3) is 0 Å². The number of allylic oxidation sites excluding steroid dienone is 1. The lowest BCUT2D eigenvalue weighted by molar-refractivity contribution is -0.154. The van der Waals surface area contributed by atoms with Gasteiger partial charge in [-0.15, -0.1) is 0 Å². The van der Waals surface area contributed by atoms with Crippen LogP contribution in [-0.2, 0) is 9.53 Å². The maximum atomic E-state index is 11.1. The second-order valence-electron chi connectivity index (χ2n) is 4.83. The van der Waals surface area contributed by atoms with Crippen molar-refractivity contribution in [3.63, 3.8) is 0 Å². The second-order valence-corrected chi connectivity index (χ2v) is 5.72. The molecule has 2 rings (SSSR count). The van der Waals surface area contributed by atoms with E-state index in [4.69, 9.17) is 15.6 Å². The van der Waals surface area contributed by atoms with Gasteiger partial charge >= 0.3 is 5.97 Å². The number of nitrogens with zero attached hydrogens (tertiary/aromatic N) is 1. The molecule has 1 aliphatic heterocycles. The van der Waals surface area contributed by atoms with Gasteiger partial charge in [-0.1, -0.05) is 48.2 Å². The van der Waals surface area contributed by atoms with Crippen molar-refractivity contribution in [1.29, 1.82) is 0 Å². The zero-order valence-corrected chi connectivity index (χ0v) is 13.3. The Bertz CT molecular complexity index is 572. The molecule has 0 saturated carbocycles. The fourth-order valence-corrected chi connectivity index (χ4v) is 2.98. The van der Waals surface area contributed by atoms with Crippen LogP contribution in [0.25, 0.3) is 5.70 Å². The number of aliphatic carboxylic acids is 1. The summed E-state index contributed by atoms with van der Waals surface area (Å²) in [5, 5.41) is 11.9. The SMILES string of the molecule is C/C=C(\S/C=C(\N)c1ccccc1)N1CCOC(C(=O)O)C1. The highest BCUT2D eigenvalue weighted by Crippen LogP contribution is 2.26. The minimum atomic E-state index is -0.926. The predicted molar refractivity (Wildman–Crippen MR) is 88.9 cm³/mol. The molecule has 1 aromatic carbocycles.